The molecule has 116 valence electrons. The normalized spacial score (nSPS) is 23.2. The summed E-state index contributed by atoms with van der Waals surface area (Å²) in [4.78, 5) is 19.3. The number of aromatic nitrogens is 1. The number of nitrogens with zero attached hydrogens (tertiary/aromatic N) is 2. The molecule has 1 aliphatic carbocycles. The molecule has 0 spiro atoms. The lowest BCUT2D eigenvalue weighted by Gasteiger charge is -2.34. The van der Waals surface area contributed by atoms with E-state index < -0.39 is 15.2 Å². The van der Waals surface area contributed by atoms with Gasteiger partial charge in [0.25, 0.3) is 0 Å². The van der Waals surface area contributed by atoms with Crippen molar-refractivity contribution < 1.29 is 13.2 Å². The SMILES string of the molecule is CCS(=O)(=O)C1CSCCN1c1nc2c(s1)CCCC2=O. The third kappa shape index (κ3) is 2.85. The van der Waals surface area contributed by atoms with E-state index in [2.05, 4.69) is 4.98 Å². The highest BCUT2D eigenvalue weighted by Crippen LogP contribution is 2.35. The molecule has 0 bridgehead atoms. The van der Waals surface area contributed by atoms with E-state index in [1.807, 2.05) is 4.90 Å². The Morgan fingerprint density at radius 1 is 1.38 bits per heavy atom. The van der Waals surface area contributed by atoms with E-state index in [0.717, 1.165) is 23.5 Å². The van der Waals surface area contributed by atoms with Crippen molar-refractivity contribution >= 4 is 43.9 Å². The van der Waals surface area contributed by atoms with Crippen LogP contribution in [0.15, 0.2) is 0 Å². The summed E-state index contributed by atoms with van der Waals surface area (Å²) >= 11 is 3.16. The average Bonchev–Trinajstić information content (AvgIpc) is 2.93. The number of hydrogen-bond acceptors (Lipinski definition) is 7. The molecule has 1 aliphatic heterocycles. The lowest BCUT2D eigenvalue weighted by molar-refractivity contribution is 0.0968. The number of aryl methyl sites for hydroxylation is 1. The van der Waals surface area contributed by atoms with E-state index in [1.54, 1.807) is 18.7 Å². The van der Waals surface area contributed by atoms with Crippen molar-refractivity contribution in [1.29, 1.82) is 0 Å². The number of ketones is 1. The predicted octanol–water partition coefficient (Wildman–Crippen LogP) is 1.98. The van der Waals surface area contributed by atoms with Crippen molar-refractivity contribution in [3.63, 3.8) is 0 Å². The summed E-state index contributed by atoms with van der Waals surface area (Å²) < 4.78 is 24.6. The van der Waals surface area contributed by atoms with E-state index in [4.69, 9.17) is 0 Å². The number of anilines is 1. The number of rotatable bonds is 3. The molecule has 0 saturated carbocycles. The van der Waals surface area contributed by atoms with Crippen LogP contribution in [0, 0.1) is 0 Å². The number of hydrogen-bond donors (Lipinski definition) is 0. The summed E-state index contributed by atoms with van der Waals surface area (Å²) in [7, 11) is -3.15. The third-order valence-corrected chi connectivity index (χ3v) is 8.35. The monoisotopic (exact) mass is 346 g/mol. The molecule has 5 nitrogen and oxygen atoms in total. The van der Waals surface area contributed by atoms with Gasteiger partial charge in [-0.3, -0.25) is 4.79 Å². The van der Waals surface area contributed by atoms with Gasteiger partial charge in [0.05, 0.1) is 0 Å². The molecule has 1 aromatic heterocycles. The number of thioether (sulfide) groups is 1. The Morgan fingerprint density at radius 2 is 2.19 bits per heavy atom. The Hall–Kier alpha value is -0.600. The zero-order valence-corrected chi connectivity index (χ0v) is 14.3. The van der Waals surface area contributed by atoms with Gasteiger partial charge in [0.2, 0.25) is 0 Å². The van der Waals surface area contributed by atoms with Crippen molar-refractivity contribution in [2.24, 2.45) is 0 Å². The van der Waals surface area contributed by atoms with Gasteiger partial charge in [-0.15, -0.1) is 11.3 Å². The minimum absolute atomic E-state index is 0.0973. The maximum Gasteiger partial charge on any atom is 0.187 e. The topological polar surface area (TPSA) is 67.3 Å². The molecular formula is C13H18N2O3S3. The van der Waals surface area contributed by atoms with Gasteiger partial charge in [-0.05, 0) is 12.8 Å². The zero-order chi connectivity index (χ0) is 15.0. The molecule has 0 N–H and O–H groups in total. The number of carbonyl (C=O) groups excluding carboxylic acids is 1. The first-order valence-electron chi connectivity index (χ1n) is 7.12. The number of carbonyl (C=O) groups is 1. The zero-order valence-electron chi connectivity index (χ0n) is 11.9. The predicted molar refractivity (Wildman–Crippen MR) is 87.3 cm³/mol. The van der Waals surface area contributed by atoms with Crippen LogP contribution >= 0.6 is 23.1 Å². The third-order valence-electron chi connectivity index (χ3n) is 3.91. The van der Waals surface area contributed by atoms with Gasteiger partial charge in [-0.2, -0.15) is 11.8 Å². The van der Waals surface area contributed by atoms with Gasteiger partial charge in [-0.1, -0.05) is 6.92 Å². The first-order chi connectivity index (χ1) is 10.0. The van der Waals surface area contributed by atoms with Crippen LogP contribution in [-0.4, -0.2) is 48.4 Å². The van der Waals surface area contributed by atoms with Gasteiger partial charge >= 0.3 is 0 Å². The molecule has 1 aromatic rings. The van der Waals surface area contributed by atoms with Gasteiger partial charge < -0.3 is 4.90 Å². The molecule has 2 heterocycles. The molecular weight excluding hydrogens is 328 g/mol. The fraction of sp³-hybridized carbons (Fsp3) is 0.692. The van der Waals surface area contributed by atoms with Crippen molar-refractivity contribution in [1.82, 2.24) is 4.98 Å². The lowest BCUT2D eigenvalue weighted by atomic mass is 10.0. The van der Waals surface area contributed by atoms with Crippen LogP contribution in [0.1, 0.15) is 35.1 Å². The van der Waals surface area contributed by atoms with Crippen molar-refractivity contribution in [2.45, 2.75) is 31.6 Å². The fourth-order valence-corrected chi connectivity index (χ4v) is 6.90. The second-order valence-electron chi connectivity index (χ2n) is 5.22. The maximum absolute atomic E-state index is 12.3. The number of Topliss-reactive ketones (excluding diaryl/α,β-unsaturated/α-hetero) is 1. The van der Waals surface area contributed by atoms with E-state index >= 15 is 0 Å². The second-order valence-corrected chi connectivity index (χ2v) is 9.88. The number of thiazole rings is 1. The van der Waals surface area contributed by atoms with Crippen LogP contribution in [-0.2, 0) is 16.3 Å². The summed E-state index contributed by atoms with van der Waals surface area (Å²) in [6.07, 6.45) is 2.31. The average molecular weight is 346 g/mol. The van der Waals surface area contributed by atoms with Crippen LogP contribution in [0.25, 0.3) is 0 Å². The minimum atomic E-state index is -3.15. The summed E-state index contributed by atoms with van der Waals surface area (Å²) in [6, 6.07) is 0. The summed E-state index contributed by atoms with van der Waals surface area (Å²) in [5.41, 5.74) is 0.576. The largest absolute Gasteiger partial charge is 0.329 e. The molecule has 1 fully saturated rings. The molecule has 1 saturated heterocycles. The van der Waals surface area contributed by atoms with E-state index in [1.165, 1.54) is 11.3 Å². The highest BCUT2D eigenvalue weighted by atomic mass is 32.2. The van der Waals surface area contributed by atoms with Crippen molar-refractivity contribution in [2.75, 3.05) is 28.7 Å². The highest BCUT2D eigenvalue weighted by molar-refractivity contribution is 8.01. The van der Waals surface area contributed by atoms with Crippen molar-refractivity contribution in [3.8, 4) is 0 Å². The summed E-state index contributed by atoms with van der Waals surface area (Å²) in [5, 5.41) is 0.196. The molecule has 1 unspecified atom stereocenters. The van der Waals surface area contributed by atoms with Crippen LogP contribution in [0.2, 0.25) is 0 Å². The van der Waals surface area contributed by atoms with Crippen LogP contribution in [0.4, 0.5) is 5.13 Å². The molecule has 0 amide bonds. The Labute approximate surface area is 133 Å². The number of sulfone groups is 1. The molecule has 1 atom stereocenters. The van der Waals surface area contributed by atoms with Crippen LogP contribution < -0.4 is 4.90 Å². The Bertz CT molecular complexity index is 654. The first kappa shape index (κ1) is 15.3. The lowest BCUT2D eigenvalue weighted by Crippen LogP contribution is -2.48. The molecule has 0 radical (unpaired) electrons. The van der Waals surface area contributed by atoms with Crippen LogP contribution in [0.3, 0.4) is 0 Å². The fourth-order valence-electron chi connectivity index (χ4n) is 2.67. The standard InChI is InChI=1S/C13H18N2O3S3/c1-2-21(17,18)11-8-19-7-6-15(11)13-14-12-9(16)4-3-5-10(12)20-13/h11H,2-8H2,1H3. The van der Waals surface area contributed by atoms with Gasteiger partial charge in [0.1, 0.15) is 11.1 Å². The molecule has 0 aromatic carbocycles. The highest BCUT2D eigenvalue weighted by Gasteiger charge is 2.35. The minimum Gasteiger partial charge on any atom is -0.329 e. The Morgan fingerprint density at radius 3 is 2.90 bits per heavy atom. The second kappa shape index (κ2) is 5.89. The molecule has 3 rings (SSSR count). The van der Waals surface area contributed by atoms with Gasteiger partial charge in [-0.25, -0.2) is 13.4 Å². The number of fused-ring (bicyclic) bond motifs is 1. The summed E-state index contributed by atoms with van der Waals surface area (Å²) in [6.45, 7) is 2.36. The van der Waals surface area contributed by atoms with Crippen LogP contribution in [0.5, 0.6) is 0 Å². The van der Waals surface area contributed by atoms with Crippen molar-refractivity contribution in [3.05, 3.63) is 10.6 Å². The Kier molecular flexibility index (Phi) is 4.29. The smallest absolute Gasteiger partial charge is 0.187 e. The molecule has 8 heteroatoms. The van der Waals surface area contributed by atoms with E-state index in [-0.39, 0.29) is 11.5 Å². The van der Waals surface area contributed by atoms with E-state index in [0.29, 0.717) is 29.5 Å². The molecule has 2 aliphatic rings. The molecule has 21 heavy (non-hydrogen) atoms. The van der Waals surface area contributed by atoms with Gasteiger partial charge in [0, 0.05) is 35.1 Å². The van der Waals surface area contributed by atoms with E-state index in [9.17, 15) is 13.2 Å². The Balaban J connectivity index is 1.96. The van der Waals surface area contributed by atoms with Gasteiger partial charge in [0.15, 0.2) is 20.8 Å². The quantitative estimate of drug-likeness (QED) is 0.834. The maximum atomic E-state index is 12.3. The first-order valence-corrected chi connectivity index (χ1v) is 10.8. The summed E-state index contributed by atoms with van der Waals surface area (Å²) in [5.74, 6) is 1.71.